The summed E-state index contributed by atoms with van der Waals surface area (Å²) in [4.78, 5) is 0. The molecule has 1 aromatic rings. The van der Waals surface area contributed by atoms with Crippen LogP contribution in [-0.4, -0.2) is 12.1 Å². The summed E-state index contributed by atoms with van der Waals surface area (Å²) in [5, 5.41) is 3.53. The highest BCUT2D eigenvalue weighted by Crippen LogP contribution is 2.27. The Kier molecular flexibility index (Phi) is 3.20. The van der Waals surface area contributed by atoms with Crippen molar-refractivity contribution in [2.45, 2.75) is 45.7 Å². The molecule has 2 heteroatoms. The summed E-state index contributed by atoms with van der Waals surface area (Å²) in [6.45, 7) is 8.37. The van der Waals surface area contributed by atoms with Crippen LogP contribution in [0.25, 0.3) is 0 Å². The van der Waals surface area contributed by atoms with Gasteiger partial charge in [0.25, 0.3) is 0 Å². The summed E-state index contributed by atoms with van der Waals surface area (Å²) in [7, 11) is 0. The van der Waals surface area contributed by atoms with E-state index < -0.39 is 0 Å². The molecule has 0 unspecified atom stereocenters. The number of nitrogens with one attached hydrogen (secondary N) is 1. The lowest BCUT2D eigenvalue weighted by molar-refractivity contribution is 0.287. The highest BCUT2D eigenvalue weighted by molar-refractivity contribution is 5.41. The molecule has 0 spiro atoms. The molecule has 0 aliphatic carbocycles. The van der Waals surface area contributed by atoms with Gasteiger partial charge in [-0.3, -0.25) is 0 Å². The molecule has 1 N–H and O–H groups in total. The van der Waals surface area contributed by atoms with E-state index in [4.69, 9.17) is 4.74 Å². The molecule has 0 bridgehead atoms. The van der Waals surface area contributed by atoms with E-state index in [1.807, 2.05) is 0 Å². The van der Waals surface area contributed by atoms with E-state index in [2.05, 4.69) is 44.3 Å². The molecule has 2 rings (SSSR count). The van der Waals surface area contributed by atoms with Crippen LogP contribution in [-0.2, 0) is 13.0 Å². The largest absolute Gasteiger partial charge is 0.493 e. The molecule has 1 aliphatic heterocycles. The Hall–Kier alpha value is -1.02. The van der Waals surface area contributed by atoms with Crippen molar-refractivity contribution in [3.63, 3.8) is 0 Å². The predicted octanol–water partition coefficient (Wildman–Crippen LogP) is 2.90. The molecule has 0 saturated carbocycles. The molecular formula is C14H21NO. The van der Waals surface area contributed by atoms with Gasteiger partial charge in [-0.2, -0.15) is 0 Å². The summed E-state index contributed by atoms with van der Waals surface area (Å²) >= 11 is 0. The smallest absolute Gasteiger partial charge is 0.122 e. The molecule has 2 nitrogen and oxygen atoms in total. The van der Waals surface area contributed by atoms with E-state index in [1.165, 1.54) is 11.1 Å². The molecule has 0 amide bonds. The normalized spacial score (nSPS) is 15.4. The van der Waals surface area contributed by atoms with Crippen LogP contribution in [0.4, 0.5) is 0 Å². The Bertz CT molecular complexity index is 365. The Morgan fingerprint density at radius 2 is 2.12 bits per heavy atom. The summed E-state index contributed by atoms with van der Waals surface area (Å²) in [6, 6.07) is 6.37. The number of hydrogen-bond donors (Lipinski definition) is 1. The second kappa shape index (κ2) is 4.46. The topological polar surface area (TPSA) is 21.3 Å². The number of ether oxygens (including phenoxy) is 1. The van der Waals surface area contributed by atoms with Crippen LogP contribution in [0.1, 0.15) is 38.3 Å². The lowest BCUT2D eigenvalue weighted by Gasteiger charge is -2.24. The van der Waals surface area contributed by atoms with Crippen molar-refractivity contribution < 1.29 is 4.74 Å². The van der Waals surface area contributed by atoms with Crippen LogP contribution in [0.2, 0.25) is 0 Å². The van der Waals surface area contributed by atoms with Gasteiger partial charge in [0, 0.05) is 12.1 Å². The van der Waals surface area contributed by atoms with Gasteiger partial charge in [-0.1, -0.05) is 12.1 Å². The third kappa shape index (κ3) is 2.76. The summed E-state index contributed by atoms with van der Waals surface area (Å²) in [6.07, 6.45) is 2.29. The maximum atomic E-state index is 5.67. The maximum Gasteiger partial charge on any atom is 0.122 e. The first-order chi connectivity index (χ1) is 7.56. The predicted molar refractivity (Wildman–Crippen MR) is 66.9 cm³/mol. The van der Waals surface area contributed by atoms with Crippen molar-refractivity contribution in [1.29, 1.82) is 0 Å². The fourth-order valence-corrected chi connectivity index (χ4v) is 1.99. The second-order valence-corrected chi connectivity index (χ2v) is 5.45. The van der Waals surface area contributed by atoms with Crippen LogP contribution in [0.5, 0.6) is 5.75 Å². The number of fused-ring (bicyclic) bond motifs is 1. The molecule has 0 aromatic heterocycles. The van der Waals surface area contributed by atoms with Gasteiger partial charge in [-0.25, -0.2) is 0 Å². The van der Waals surface area contributed by atoms with E-state index in [-0.39, 0.29) is 5.54 Å². The maximum absolute atomic E-state index is 5.67. The van der Waals surface area contributed by atoms with Crippen molar-refractivity contribution in [1.82, 2.24) is 5.32 Å². The zero-order valence-electron chi connectivity index (χ0n) is 10.5. The minimum Gasteiger partial charge on any atom is -0.493 e. The van der Waals surface area contributed by atoms with E-state index in [9.17, 15) is 0 Å². The second-order valence-electron chi connectivity index (χ2n) is 5.45. The molecule has 1 heterocycles. The van der Waals surface area contributed by atoms with Crippen LogP contribution in [0, 0.1) is 0 Å². The number of hydrogen-bond acceptors (Lipinski definition) is 2. The van der Waals surface area contributed by atoms with Gasteiger partial charge < -0.3 is 10.1 Å². The SMILES string of the molecule is CC(C)(C)NCc1cccc2c1CCCO2. The lowest BCUT2D eigenvalue weighted by atomic mass is 9.99. The molecule has 0 radical (unpaired) electrons. The third-order valence-corrected chi connectivity index (χ3v) is 2.87. The van der Waals surface area contributed by atoms with Crippen molar-refractivity contribution in [3.8, 4) is 5.75 Å². The standard InChI is InChI=1S/C14H21NO/c1-14(2,3)15-10-11-6-4-8-13-12(11)7-5-9-16-13/h4,6,8,15H,5,7,9-10H2,1-3H3. The van der Waals surface area contributed by atoms with Crippen LogP contribution in [0.15, 0.2) is 18.2 Å². The van der Waals surface area contributed by atoms with Gasteiger partial charge in [0.05, 0.1) is 6.61 Å². The van der Waals surface area contributed by atoms with Crippen molar-refractivity contribution in [3.05, 3.63) is 29.3 Å². The summed E-state index contributed by atoms with van der Waals surface area (Å²) < 4.78 is 5.67. The fourth-order valence-electron chi connectivity index (χ4n) is 1.99. The van der Waals surface area contributed by atoms with E-state index in [0.717, 1.165) is 31.7 Å². The molecule has 0 fully saturated rings. The van der Waals surface area contributed by atoms with Gasteiger partial charge in [0.15, 0.2) is 0 Å². The van der Waals surface area contributed by atoms with Crippen LogP contribution < -0.4 is 10.1 Å². The summed E-state index contributed by atoms with van der Waals surface area (Å²) in [5.41, 5.74) is 2.94. The van der Waals surface area contributed by atoms with Crippen molar-refractivity contribution >= 4 is 0 Å². The summed E-state index contributed by atoms with van der Waals surface area (Å²) in [5.74, 6) is 1.08. The zero-order chi connectivity index (χ0) is 11.6. The third-order valence-electron chi connectivity index (χ3n) is 2.87. The van der Waals surface area contributed by atoms with Crippen LogP contribution in [0.3, 0.4) is 0 Å². The highest BCUT2D eigenvalue weighted by atomic mass is 16.5. The Balaban J connectivity index is 2.15. The molecule has 1 aliphatic rings. The van der Waals surface area contributed by atoms with Gasteiger partial charge in [0.1, 0.15) is 5.75 Å². The zero-order valence-corrected chi connectivity index (χ0v) is 10.5. The Morgan fingerprint density at radius 3 is 2.88 bits per heavy atom. The first kappa shape index (κ1) is 11.5. The van der Waals surface area contributed by atoms with E-state index in [0.29, 0.717) is 0 Å². The highest BCUT2D eigenvalue weighted by Gasteiger charge is 2.15. The number of benzene rings is 1. The first-order valence-electron chi connectivity index (χ1n) is 6.05. The molecule has 0 atom stereocenters. The van der Waals surface area contributed by atoms with E-state index >= 15 is 0 Å². The van der Waals surface area contributed by atoms with E-state index in [1.54, 1.807) is 0 Å². The minimum absolute atomic E-state index is 0.165. The molecule has 1 aromatic carbocycles. The molecule has 16 heavy (non-hydrogen) atoms. The Morgan fingerprint density at radius 1 is 1.31 bits per heavy atom. The fraction of sp³-hybridized carbons (Fsp3) is 0.571. The van der Waals surface area contributed by atoms with Gasteiger partial charge >= 0.3 is 0 Å². The average Bonchev–Trinajstić information content (AvgIpc) is 2.25. The van der Waals surface area contributed by atoms with Gasteiger partial charge in [0.2, 0.25) is 0 Å². The van der Waals surface area contributed by atoms with Gasteiger partial charge in [-0.15, -0.1) is 0 Å². The van der Waals surface area contributed by atoms with Crippen LogP contribution >= 0.6 is 0 Å². The van der Waals surface area contributed by atoms with Crippen molar-refractivity contribution in [2.24, 2.45) is 0 Å². The average molecular weight is 219 g/mol. The first-order valence-corrected chi connectivity index (χ1v) is 6.05. The Labute approximate surface area is 98.0 Å². The lowest BCUT2D eigenvalue weighted by Crippen LogP contribution is -2.35. The minimum atomic E-state index is 0.165. The van der Waals surface area contributed by atoms with Gasteiger partial charge in [-0.05, 0) is 50.8 Å². The monoisotopic (exact) mass is 219 g/mol. The number of rotatable bonds is 2. The molecular weight excluding hydrogens is 198 g/mol. The van der Waals surface area contributed by atoms with Crippen molar-refractivity contribution in [2.75, 3.05) is 6.61 Å². The quantitative estimate of drug-likeness (QED) is 0.825. The molecule has 0 saturated heterocycles. The molecule has 88 valence electrons.